The molecule has 2 amide bonds. The van der Waals surface area contributed by atoms with Crippen LogP contribution in [0.5, 0.6) is 0 Å². The molecule has 4 heteroatoms. The molecule has 0 atom stereocenters. The number of anilines is 2. The molecule has 0 spiro atoms. The van der Waals surface area contributed by atoms with Gasteiger partial charge in [-0.3, -0.25) is 9.59 Å². The van der Waals surface area contributed by atoms with Crippen LogP contribution in [0.1, 0.15) is 171 Å². The molecule has 78 heavy (non-hydrogen) atoms. The average Bonchev–Trinajstić information content (AvgIpc) is 3.55. The van der Waals surface area contributed by atoms with E-state index >= 15 is 0 Å². The first-order valence-corrected chi connectivity index (χ1v) is 27.5. The Labute approximate surface area is 465 Å². The minimum Gasteiger partial charge on any atom is -0.322 e. The van der Waals surface area contributed by atoms with Crippen LogP contribution in [0.4, 0.5) is 11.4 Å². The lowest BCUT2D eigenvalue weighted by Gasteiger charge is -2.37. The number of nitrogens with one attached hydrogen (secondary N) is 2. The third kappa shape index (κ3) is 11.0. The Kier molecular flexibility index (Phi) is 15.0. The summed E-state index contributed by atoms with van der Waals surface area (Å²) in [6.07, 6.45) is 0. The van der Waals surface area contributed by atoms with Gasteiger partial charge in [0, 0.05) is 22.5 Å². The first kappa shape index (κ1) is 54.7. The summed E-state index contributed by atoms with van der Waals surface area (Å²) in [6.45, 7) is 26.9. The van der Waals surface area contributed by atoms with Crippen LogP contribution in [0.15, 0.2) is 231 Å². The Bertz CT molecular complexity index is 3140. The lowest BCUT2D eigenvalue weighted by molar-refractivity contribution is 0.102. The minimum absolute atomic E-state index is 0.00351. The van der Waals surface area contributed by atoms with Gasteiger partial charge in [0.25, 0.3) is 11.8 Å². The highest BCUT2D eigenvalue weighted by Crippen LogP contribution is 2.48. The Morgan fingerprint density at radius 2 is 0.449 bits per heavy atom. The maximum absolute atomic E-state index is 14.1. The first-order chi connectivity index (χ1) is 37.0. The third-order valence-corrected chi connectivity index (χ3v) is 15.7. The summed E-state index contributed by atoms with van der Waals surface area (Å²) in [4.78, 5) is 28.2. The molecular weight excluding hydrogens is 949 g/mol. The van der Waals surface area contributed by atoms with Crippen molar-refractivity contribution in [3.8, 4) is 0 Å². The molecule has 394 valence electrons. The molecule has 0 radical (unpaired) electrons. The van der Waals surface area contributed by atoms with Crippen molar-refractivity contribution in [1.29, 1.82) is 0 Å². The van der Waals surface area contributed by atoms with E-state index in [1.807, 2.05) is 24.3 Å². The van der Waals surface area contributed by atoms with E-state index < -0.39 is 10.8 Å². The standard InChI is InChI=1S/C74H76N2O2/c1-69(2,3)53-26-34-59(35-27-53)73(57-22-15-13-16-23-57,60-36-28-54(29-37-60)70(4,5)6)63-42-46-65(47-43-63)75-67(77)51-20-19-21-52(50-51)68(78)76-66-48-44-64(45-49-66)74(58-24-17-14-18-25-58,61-38-30-55(31-39-61)71(7,8)9)62-40-32-56(33-41-62)72(10,11)12/h13-50H,1-12H3,(H,75,77)(H,76,78). The summed E-state index contributed by atoms with van der Waals surface area (Å²) < 4.78 is 0. The summed E-state index contributed by atoms with van der Waals surface area (Å²) >= 11 is 0. The zero-order chi connectivity index (χ0) is 55.7. The topological polar surface area (TPSA) is 58.2 Å². The van der Waals surface area contributed by atoms with Gasteiger partial charge in [-0.25, -0.2) is 0 Å². The van der Waals surface area contributed by atoms with Crippen LogP contribution in [0, 0.1) is 0 Å². The maximum atomic E-state index is 14.1. The monoisotopic (exact) mass is 1020 g/mol. The molecule has 9 rings (SSSR count). The Balaban J connectivity index is 0.998. The molecule has 0 aliphatic rings. The van der Waals surface area contributed by atoms with Gasteiger partial charge in [-0.1, -0.05) is 271 Å². The molecule has 2 N–H and O–H groups in total. The third-order valence-electron chi connectivity index (χ3n) is 15.7. The summed E-state index contributed by atoms with van der Waals surface area (Å²) in [6, 6.07) is 81.0. The van der Waals surface area contributed by atoms with Crippen LogP contribution in [0.3, 0.4) is 0 Å². The van der Waals surface area contributed by atoms with Gasteiger partial charge < -0.3 is 10.6 Å². The lowest BCUT2D eigenvalue weighted by atomic mass is 9.64. The number of hydrogen-bond acceptors (Lipinski definition) is 2. The van der Waals surface area contributed by atoms with Crippen LogP contribution >= 0.6 is 0 Å². The molecule has 9 aromatic carbocycles. The van der Waals surface area contributed by atoms with Crippen LogP contribution in [-0.4, -0.2) is 11.8 Å². The second kappa shape index (κ2) is 21.4. The van der Waals surface area contributed by atoms with Gasteiger partial charge in [0.15, 0.2) is 0 Å². The van der Waals surface area contributed by atoms with Gasteiger partial charge in [-0.15, -0.1) is 0 Å². The van der Waals surface area contributed by atoms with E-state index in [-0.39, 0.29) is 33.5 Å². The SMILES string of the molecule is CC(C)(C)c1ccc(C(c2ccccc2)(c2ccc(NC(=O)c3cccc(C(=O)Nc4ccc(C(c5ccccc5)(c5ccc(C(C)(C)C)cc5)c5ccc(C(C)(C)C)cc5)cc4)c3)cc2)c2ccc(C(C)(C)C)cc2)cc1. The zero-order valence-corrected chi connectivity index (χ0v) is 47.8. The predicted molar refractivity (Wildman–Crippen MR) is 327 cm³/mol. The molecular formula is C74H76N2O2. The molecule has 0 fully saturated rings. The molecule has 0 unspecified atom stereocenters. The lowest BCUT2D eigenvalue weighted by Crippen LogP contribution is -2.31. The van der Waals surface area contributed by atoms with Crippen molar-refractivity contribution in [1.82, 2.24) is 0 Å². The Morgan fingerprint density at radius 3 is 0.679 bits per heavy atom. The van der Waals surface area contributed by atoms with Gasteiger partial charge in [-0.05, 0) is 131 Å². The van der Waals surface area contributed by atoms with Gasteiger partial charge >= 0.3 is 0 Å². The van der Waals surface area contributed by atoms with Crippen molar-refractivity contribution < 1.29 is 9.59 Å². The fourth-order valence-corrected chi connectivity index (χ4v) is 11.1. The van der Waals surface area contributed by atoms with Gasteiger partial charge in [0.1, 0.15) is 0 Å². The van der Waals surface area contributed by atoms with Crippen molar-refractivity contribution in [3.63, 3.8) is 0 Å². The molecule has 0 aliphatic carbocycles. The molecule has 0 aliphatic heterocycles. The number of rotatable bonds is 12. The van der Waals surface area contributed by atoms with E-state index in [0.717, 1.165) is 44.5 Å². The fraction of sp³-hybridized carbons (Fsp3) is 0.243. The minimum atomic E-state index is -0.666. The Morgan fingerprint density at radius 1 is 0.244 bits per heavy atom. The largest absolute Gasteiger partial charge is 0.322 e. The van der Waals surface area contributed by atoms with E-state index in [1.54, 1.807) is 24.3 Å². The van der Waals surface area contributed by atoms with Gasteiger partial charge in [0.05, 0.1) is 10.8 Å². The molecule has 0 heterocycles. The summed E-state index contributed by atoms with van der Waals surface area (Å²) in [5, 5.41) is 6.26. The van der Waals surface area contributed by atoms with Crippen LogP contribution < -0.4 is 10.6 Å². The van der Waals surface area contributed by atoms with Gasteiger partial charge in [-0.2, -0.15) is 0 Å². The van der Waals surface area contributed by atoms with E-state index in [1.165, 1.54) is 22.3 Å². The second-order valence-corrected chi connectivity index (χ2v) is 25.2. The number of benzene rings is 9. The molecule has 0 bridgehead atoms. The van der Waals surface area contributed by atoms with E-state index in [4.69, 9.17) is 0 Å². The summed E-state index contributed by atoms with van der Waals surface area (Å²) in [7, 11) is 0. The van der Waals surface area contributed by atoms with Crippen molar-refractivity contribution >= 4 is 23.2 Å². The highest BCUT2D eigenvalue weighted by atomic mass is 16.2. The van der Waals surface area contributed by atoms with Crippen LogP contribution in [-0.2, 0) is 32.5 Å². The van der Waals surface area contributed by atoms with Crippen molar-refractivity contribution in [2.45, 2.75) is 116 Å². The number of carbonyl (C=O) groups is 2. The number of hydrogen-bond donors (Lipinski definition) is 2. The zero-order valence-electron chi connectivity index (χ0n) is 47.8. The molecule has 4 nitrogen and oxygen atoms in total. The fourth-order valence-electron chi connectivity index (χ4n) is 11.1. The highest BCUT2D eigenvalue weighted by molar-refractivity contribution is 6.08. The molecule has 0 aromatic heterocycles. The van der Waals surface area contributed by atoms with Crippen molar-refractivity contribution in [2.24, 2.45) is 0 Å². The van der Waals surface area contributed by atoms with Crippen molar-refractivity contribution in [2.75, 3.05) is 10.6 Å². The number of amides is 2. The maximum Gasteiger partial charge on any atom is 0.255 e. The molecule has 0 saturated heterocycles. The summed E-state index contributed by atoms with van der Waals surface area (Å²) in [5.41, 5.74) is 14.8. The normalized spacial score (nSPS) is 12.5. The second-order valence-electron chi connectivity index (χ2n) is 25.2. The number of carbonyl (C=O) groups excluding carboxylic acids is 2. The van der Waals surface area contributed by atoms with Crippen molar-refractivity contribution in [3.05, 3.63) is 308 Å². The molecule has 9 aromatic rings. The van der Waals surface area contributed by atoms with E-state index in [9.17, 15) is 9.59 Å². The average molecular weight is 1030 g/mol. The molecule has 0 saturated carbocycles. The summed E-state index contributed by atoms with van der Waals surface area (Å²) in [5.74, 6) is -0.620. The van der Waals surface area contributed by atoms with E-state index in [2.05, 4.69) is 276 Å². The first-order valence-electron chi connectivity index (χ1n) is 27.5. The quantitative estimate of drug-likeness (QED) is 0.120. The van der Waals surface area contributed by atoms with Crippen LogP contribution in [0.2, 0.25) is 0 Å². The van der Waals surface area contributed by atoms with Gasteiger partial charge in [0.2, 0.25) is 0 Å². The van der Waals surface area contributed by atoms with Crippen LogP contribution in [0.25, 0.3) is 0 Å². The highest BCUT2D eigenvalue weighted by Gasteiger charge is 2.40. The predicted octanol–water partition coefficient (Wildman–Crippen LogP) is 18.1. The van der Waals surface area contributed by atoms with E-state index in [0.29, 0.717) is 22.5 Å². The smallest absolute Gasteiger partial charge is 0.255 e. The Hall–Kier alpha value is -8.08.